The summed E-state index contributed by atoms with van der Waals surface area (Å²) in [4.78, 5) is 0. The van der Waals surface area contributed by atoms with Crippen molar-refractivity contribution in [3.05, 3.63) is 0 Å². The lowest BCUT2D eigenvalue weighted by molar-refractivity contribution is 0.0511. The first-order valence-electron chi connectivity index (χ1n) is 4.25. The Labute approximate surface area is 110 Å². The van der Waals surface area contributed by atoms with Gasteiger partial charge in [0, 0.05) is 0 Å². The Morgan fingerprint density at radius 3 is 1.86 bits per heavy atom. The second-order valence-electron chi connectivity index (χ2n) is 3.35. The van der Waals surface area contributed by atoms with Gasteiger partial charge in [-0.1, -0.05) is 54.1 Å². The molecule has 1 aliphatic carbocycles. The predicted molar refractivity (Wildman–Crippen MR) is 65.8 cm³/mol. The molecule has 0 atom stereocenters. The molecular weight excluding hydrogens is 308 g/mol. The van der Waals surface area contributed by atoms with Gasteiger partial charge in [0.2, 0.25) is 10.6 Å². The van der Waals surface area contributed by atoms with Crippen LogP contribution in [0, 0.1) is 0 Å². The lowest BCUT2D eigenvalue weighted by Crippen LogP contribution is -2.45. The van der Waals surface area contributed by atoms with E-state index in [2.05, 4.69) is 0 Å². The summed E-state index contributed by atoms with van der Waals surface area (Å²) in [5.74, 6) is 0. The van der Waals surface area contributed by atoms with Gasteiger partial charge in [0.05, 0.1) is 0 Å². The average molecular weight is 318 g/mol. The molecule has 0 spiro atoms. The van der Waals surface area contributed by atoms with E-state index in [9.17, 15) is 0 Å². The van der Waals surface area contributed by atoms with Gasteiger partial charge in [-0.05, 0) is 35.3 Å². The van der Waals surface area contributed by atoms with E-state index < -0.39 is 16.2 Å². The normalized spacial score (nSPS) is 22.7. The molecule has 1 aliphatic rings. The van der Waals surface area contributed by atoms with Gasteiger partial charge in [-0.25, -0.2) is 0 Å². The van der Waals surface area contributed by atoms with Crippen molar-refractivity contribution in [2.75, 3.05) is 0 Å². The molecule has 0 unspecified atom stereocenters. The minimum Gasteiger partial charge on any atom is -0.320 e. The molecule has 1 rings (SSSR count). The van der Waals surface area contributed by atoms with Crippen LogP contribution in [0.25, 0.3) is 0 Å². The number of halogens is 5. The van der Waals surface area contributed by atoms with Crippen molar-refractivity contribution in [1.29, 1.82) is 0 Å². The van der Waals surface area contributed by atoms with E-state index in [0.717, 1.165) is 19.3 Å². The number of hydrogen-bond donors (Lipinski definition) is 0. The minimum absolute atomic E-state index is 0.696. The second kappa shape index (κ2) is 5.45. The highest BCUT2D eigenvalue weighted by Gasteiger charge is 2.51. The average Bonchev–Trinajstić information content (AvgIpc) is 2.02. The first-order valence-corrected chi connectivity index (χ1v) is 8.45. The van der Waals surface area contributed by atoms with Gasteiger partial charge in [-0.15, -0.1) is 0 Å². The Balaban J connectivity index is 2.77. The van der Waals surface area contributed by atoms with Gasteiger partial charge < -0.3 is 4.52 Å². The summed E-state index contributed by atoms with van der Waals surface area (Å²) in [6.07, 6.45) is 4.48. The van der Waals surface area contributed by atoms with Gasteiger partial charge in [-0.3, -0.25) is 0 Å². The summed E-state index contributed by atoms with van der Waals surface area (Å²) in [5.41, 5.74) is -0.800. The quantitative estimate of drug-likeness (QED) is 0.463. The second-order valence-corrected chi connectivity index (χ2v) is 8.57. The largest absolute Gasteiger partial charge is 0.320 e. The molecule has 84 valence electrons. The fourth-order valence-electron chi connectivity index (χ4n) is 1.68. The summed E-state index contributed by atoms with van der Waals surface area (Å²) in [5, 5.41) is 0. The molecular formula is C7H10Cl5OP. The molecule has 1 saturated carbocycles. The van der Waals surface area contributed by atoms with Gasteiger partial charge in [0.1, 0.15) is 5.60 Å². The molecule has 0 saturated heterocycles. The maximum absolute atomic E-state index is 5.91. The Morgan fingerprint density at radius 2 is 1.50 bits per heavy atom. The van der Waals surface area contributed by atoms with E-state index >= 15 is 0 Å². The van der Waals surface area contributed by atoms with E-state index in [-0.39, 0.29) is 0 Å². The lowest BCUT2D eigenvalue weighted by Gasteiger charge is -2.42. The van der Waals surface area contributed by atoms with Gasteiger partial charge in [0.25, 0.3) is 0 Å². The molecule has 0 aliphatic heterocycles. The van der Waals surface area contributed by atoms with Crippen molar-refractivity contribution in [3.8, 4) is 0 Å². The van der Waals surface area contributed by atoms with Crippen LogP contribution >= 0.6 is 64.1 Å². The van der Waals surface area contributed by atoms with Crippen LogP contribution < -0.4 is 0 Å². The van der Waals surface area contributed by atoms with Gasteiger partial charge in [0.15, 0.2) is 0 Å². The van der Waals surface area contributed by atoms with Crippen molar-refractivity contribution in [1.82, 2.24) is 0 Å². The monoisotopic (exact) mass is 316 g/mol. The Bertz CT molecular complexity index is 187. The van der Waals surface area contributed by atoms with Crippen LogP contribution in [-0.2, 0) is 4.52 Å². The molecule has 7 heteroatoms. The number of alkyl halides is 3. The zero-order chi connectivity index (χ0) is 10.8. The molecule has 14 heavy (non-hydrogen) atoms. The van der Waals surface area contributed by atoms with Crippen molar-refractivity contribution >= 4 is 64.1 Å². The highest BCUT2D eigenvalue weighted by atomic mass is 35.9. The molecule has 0 heterocycles. The highest BCUT2D eigenvalue weighted by molar-refractivity contribution is 8.00. The highest BCUT2D eigenvalue weighted by Crippen LogP contribution is 2.59. The third-order valence-corrected chi connectivity index (χ3v) is 4.36. The summed E-state index contributed by atoms with van der Waals surface area (Å²) >= 11 is 29.0. The van der Waals surface area contributed by atoms with Crippen LogP contribution in [0.4, 0.5) is 0 Å². The van der Waals surface area contributed by atoms with Crippen LogP contribution in [0.3, 0.4) is 0 Å². The van der Waals surface area contributed by atoms with E-state index in [0.29, 0.717) is 12.8 Å². The van der Waals surface area contributed by atoms with Crippen molar-refractivity contribution < 1.29 is 4.52 Å². The van der Waals surface area contributed by atoms with Crippen LogP contribution in [0.15, 0.2) is 0 Å². The van der Waals surface area contributed by atoms with Crippen molar-refractivity contribution in [2.24, 2.45) is 0 Å². The molecule has 0 amide bonds. The summed E-state index contributed by atoms with van der Waals surface area (Å²) in [6.45, 7) is -1.55. The van der Waals surface area contributed by atoms with E-state index in [1.54, 1.807) is 0 Å². The standard InChI is InChI=1S/C7H10Cl5OP/c8-7(9,10)6(13-14(11)12)4-2-1-3-5-6/h1-5H2. The van der Waals surface area contributed by atoms with Gasteiger partial charge >= 0.3 is 0 Å². The van der Waals surface area contributed by atoms with Crippen molar-refractivity contribution in [2.45, 2.75) is 41.5 Å². The Hall–Kier alpha value is 1.84. The molecule has 1 fully saturated rings. The SMILES string of the molecule is ClP(Cl)OC1(C(Cl)(Cl)Cl)CCCCC1. The van der Waals surface area contributed by atoms with E-state index in [1.165, 1.54) is 0 Å². The smallest absolute Gasteiger partial charge is 0.226 e. The summed E-state index contributed by atoms with van der Waals surface area (Å²) in [6, 6.07) is 0. The maximum atomic E-state index is 5.91. The van der Waals surface area contributed by atoms with Crippen LogP contribution in [0.5, 0.6) is 0 Å². The zero-order valence-corrected chi connectivity index (χ0v) is 12.0. The number of hydrogen-bond acceptors (Lipinski definition) is 1. The van der Waals surface area contributed by atoms with Gasteiger partial charge in [-0.2, -0.15) is 0 Å². The van der Waals surface area contributed by atoms with Crippen LogP contribution in [0.2, 0.25) is 0 Å². The molecule has 0 aromatic carbocycles. The lowest BCUT2D eigenvalue weighted by atomic mass is 9.86. The van der Waals surface area contributed by atoms with E-state index in [1.807, 2.05) is 0 Å². The minimum atomic E-state index is -1.55. The predicted octanol–water partition coefficient (Wildman–Crippen LogP) is 5.78. The van der Waals surface area contributed by atoms with E-state index in [4.69, 9.17) is 61.8 Å². The summed E-state index contributed by atoms with van der Waals surface area (Å²) < 4.78 is 3.98. The molecule has 0 radical (unpaired) electrons. The van der Waals surface area contributed by atoms with Crippen LogP contribution in [0.1, 0.15) is 32.1 Å². The van der Waals surface area contributed by atoms with Crippen LogP contribution in [-0.4, -0.2) is 9.39 Å². The molecule has 1 nitrogen and oxygen atoms in total. The molecule has 0 aromatic heterocycles. The summed E-state index contributed by atoms with van der Waals surface area (Å²) in [7, 11) is 0. The third-order valence-electron chi connectivity index (χ3n) is 2.42. The first kappa shape index (κ1) is 13.9. The molecule has 0 bridgehead atoms. The fraction of sp³-hybridized carbons (Fsp3) is 1.00. The first-order chi connectivity index (χ1) is 6.37. The topological polar surface area (TPSA) is 9.23 Å². The van der Waals surface area contributed by atoms with Crippen molar-refractivity contribution in [3.63, 3.8) is 0 Å². The third kappa shape index (κ3) is 3.42. The Morgan fingerprint density at radius 1 is 1.00 bits per heavy atom. The fourth-order valence-corrected chi connectivity index (χ4v) is 3.90. The maximum Gasteiger partial charge on any atom is 0.226 e. The number of rotatable bonds is 2. The Kier molecular flexibility index (Phi) is 5.41. The molecule has 0 N–H and O–H groups in total. The molecule has 0 aromatic rings. The zero-order valence-electron chi connectivity index (χ0n) is 7.28.